The summed E-state index contributed by atoms with van der Waals surface area (Å²) >= 11 is 1.73. The van der Waals surface area contributed by atoms with Crippen LogP contribution in [0.4, 0.5) is 17.3 Å². The van der Waals surface area contributed by atoms with Crippen LogP contribution in [-0.4, -0.2) is 23.3 Å². The van der Waals surface area contributed by atoms with Crippen LogP contribution in [0.5, 0.6) is 0 Å². The molecule has 2 aromatic rings. The van der Waals surface area contributed by atoms with Crippen LogP contribution in [0.1, 0.15) is 5.82 Å². The summed E-state index contributed by atoms with van der Waals surface area (Å²) in [5, 5.41) is 6.29. The van der Waals surface area contributed by atoms with Gasteiger partial charge in [-0.15, -0.1) is 11.8 Å². The maximum Gasteiger partial charge on any atom is 0.136 e. The number of hydrogen-bond donors (Lipinski definition) is 2. The predicted octanol–water partition coefficient (Wildman–Crippen LogP) is 3.29. The highest BCUT2D eigenvalue weighted by molar-refractivity contribution is 7.98. The third kappa shape index (κ3) is 3.13. The molecule has 1 aromatic carbocycles. The zero-order valence-corrected chi connectivity index (χ0v) is 11.5. The summed E-state index contributed by atoms with van der Waals surface area (Å²) in [6.07, 6.45) is 2.06. The van der Waals surface area contributed by atoms with Gasteiger partial charge in [0, 0.05) is 23.7 Å². The fourth-order valence-electron chi connectivity index (χ4n) is 1.58. The molecular weight excluding hydrogens is 244 g/mol. The summed E-state index contributed by atoms with van der Waals surface area (Å²) in [5.74, 6) is 2.35. The van der Waals surface area contributed by atoms with Gasteiger partial charge >= 0.3 is 0 Å². The minimum absolute atomic E-state index is 0.741. The standard InChI is InChI=1S/C13H16N4S/c1-9-15-12(14-2)8-13(16-9)17-10-4-6-11(18-3)7-5-10/h4-8H,1-3H3,(H2,14,15,16,17). The predicted molar refractivity (Wildman–Crippen MR) is 77.8 cm³/mol. The Bertz CT molecular complexity index is 525. The van der Waals surface area contributed by atoms with Crippen LogP contribution in [0.15, 0.2) is 35.2 Å². The molecule has 94 valence electrons. The van der Waals surface area contributed by atoms with Crippen molar-refractivity contribution < 1.29 is 0 Å². The molecule has 0 bridgehead atoms. The van der Waals surface area contributed by atoms with Gasteiger partial charge < -0.3 is 10.6 Å². The number of benzene rings is 1. The highest BCUT2D eigenvalue weighted by atomic mass is 32.2. The van der Waals surface area contributed by atoms with Crippen LogP contribution < -0.4 is 10.6 Å². The molecule has 0 aliphatic heterocycles. The van der Waals surface area contributed by atoms with E-state index in [1.807, 2.05) is 32.2 Å². The lowest BCUT2D eigenvalue weighted by Gasteiger charge is -2.08. The van der Waals surface area contributed by atoms with Gasteiger partial charge in [0.05, 0.1) is 0 Å². The molecule has 2 N–H and O–H groups in total. The van der Waals surface area contributed by atoms with Crippen LogP contribution in [0.3, 0.4) is 0 Å². The third-order valence-electron chi connectivity index (χ3n) is 2.46. The number of aromatic nitrogens is 2. The zero-order chi connectivity index (χ0) is 13.0. The van der Waals surface area contributed by atoms with E-state index in [-0.39, 0.29) is 0 Å². The van der Waals surface area contributed by atoms with Crippen molar-refractivity contribution in [3.63, 3.8) is 0 Å². The van der Waals surface area contributed by atoms with Gasteiger partial charge in [0.1, 0.15) is 17.5 Å². The Hall–Kier alpha value is -1.75. The molecule has 0 atom stereocenters. The van der Waals surface area contributed by atoms with Crippen molar-refractivity contribution in [3.8, 4) is 0 Å². The average Bonchev–Trinajstić information content (AvgIpc) is 2.39. The summed E-state index contributed by atoms with van der Waals surface area (Å²) in [6.45, 7) is 1.88. The molecule has 0 fully saturated rings. The second kappa shape index (κ2) is 5.73. The molecule has 2 rings (SSSR count). The Morgan fingerprint density at radius 3 is 2.33 bits per heavy atom. The van der Waals surface area contributed by atoms with Crippen LogP contribution in [0.25, 0.3) is 0 Å². The van der Waals surface area contributed by atoms with E-state index >= 15 is 0 Å². The second-order valence-electron chi connectivity index (χ2n) is 3.79. The minimum Gasteiger partial charge on any atom is -0.373 e. The zero-order valence-electron chi connectivity index (χ0n) is 10.7. The van der Waals surface area contributed by atoms with Crippen LogP contribution in [-0.2, 0) is 0 Å². The van der Waals surface area contributed by atoms with Gasteiger partial charge in [-0.25, -0.2) is 9.97 Å². The van der Waals surface area contributed by atoms with Gasteiger partial charge in [-0.1, -0.05) is 0 Å². The second-order valence-corrected chi connectivity index (χ2v) is 4.67. The van der Waals surface area contributed by atoms with Crippen molar-refractivity contribution in [2.24, 2.45) is 0 Å². The van der Waals surface area contributed by atoms with Gasteiger partial charge in [-0.05, 0) is 37.4 Å². The number of nitrogens with one attached hydrogen (secondary N) is 2. The first-order chi connectivity index (χ1) is 8.71. The summed E-state index contributed by atoms with van der Waals surface area (Å²) in [4.78, 5) is 9.85. The highest BCUT2D eigenvalue weighted by Gasteiger charge is 2.01. The number of rotatable bonds is 4. The molecule has 18 heavy (non-hydrogen) atoms. The Balaban J connectivity index is 2.19. The van der Waals surface area contributed by atoms with Gasteiger partial charge in [0.2, 0.25) is 0 Å². The Labute approximate surface area is 111 Å². The topological polar surface area (TPSA) is 49.8 Å². The van der Waals surface area contributed by atoms with Gasteiger partial charge in [0.15, 0.2) is 0 Å². The smallest absolute Gasteiger partial charge is 0.136 e. The van der Waals surface area contributed by atoms with E-state index in [1.165, 1.54) is 4.90 Å². The quantitative estimate of drug-likeness (QED) is 0.826. The molecule has 0 amide bonds. The van der Waals surface area contributed by atoms with E-state index < -0.39 is 0 Å². The van der Waals surface area contributed by atoms with Crippen molar-refractivity contribution in [2.45, 2.75) is 11.8 Å². The molecule has 0 aliphatic carbocycles. The lowest BCUT2D eigenvalue weighted by molar-refractivity contribution is 1.06. The Kier molecular flexibility index (Phi) is 4.04. The lowest BCUT2D eigenvalue weighted by Crippen LogP contribution is -2.01. The first-order valence-electron chi connectivity index (χ1n) is 5.66. The molecule has 0 saturated heterocycles. The number of nitrogens with zero attached hydrogens (tertiary/aromatic N) is 2. The van der Waals surface area contributed by atoms with E-state index in [9.17, 15) is 0 Å². The van der Waals surface area contributed by atoms with E-state index in [1.54, 1.807) is 11.8 Å². The largest absolute Gasteiger partial charge is 0.373 e. The SMILES string of the molecule is CNc1cc(Nc2ccc(SC)cc2)nc(C)n1. The molecule has 5 heteroatoms. The van der Waals surface area contributed by atoms with Crippen molar-refractivity contribution in [1.82, 2.24) is 9.97 Å². The van der Waals surface area contributed by atoms with E-state index in [0.717, 1.165) is 23.1 Å². The number of anilines is 3. The molecular formula is C13H16N4S. The molecule has 0 saturated carbocycles. The maximum absolute atomic E-state index is 4.35. The highest BCUT2D eigenvalue weighted by Crippen LogP contribution is 2.21. The molecule has 4 nitrogen and oxygen atoms in total. The summed E-state index contributed by atoms with van der Waals surface area (Å²) in [7, 11) is 1.85. The van der Waals surface area contributed by atoms with Crippen molar-refractivity contribution in [2.75, 3.05) is 23.9 Å². The van der Waals surface area contributed by atoms with E-state index in [0.29, 0.717) is 0 Å². The van der Waals surface area contributed by atoms with Gasteiger partial charge in [-0.2, -0.15) is 0 Å². The van der Waals surface area contributed by atoms with E-state index in [2.05, 4.69) is 39.0 Å². The third-order valence-corrected chi connectivity index (χ3v) is 3.20. The number of aryl methyl sites for hydroxylation is 1. The average molecular weight is 260 g/mol. The summed E-state index contributed by atoms with van der Waals surface area (Å²) in [6, 6.07) is 10.1. The first-order valence-corrected chi connectivity index (χ1v) is 6.88. The Morgan fingerprint density at radius 2 is 1.72 bits per heavy atom. The van der Waals surface area contributed by atoms with Crippen LogP contribution in [0, 0.1) is 6.92 Å². The van der Waals surface area contributed by atoms with Crippen LogP contribution in [0.2, 0.25) is 0 Å². The number of hydrogen-bond acceptors (Lipinski definition) is 5. The normalized spacial score (nSPS) is 10.2. The fraction of sp³-hybridized carbons (Fsp3) is 0.231. The van der Waals surface area contributed by atoms with Gasteiger partial charge in [0.25, 0.3) is 0 Å². The van der Waals surface area contributed by atoms with Crippen LogP contribution >= 0.6 is 11.8 Å². The summed E-state index contributed by atoms with van der Waals surface area (Å²) < 4.78 is 0. The molecule has 0 radical (unpaired) electrons. The molecule has 1 aromatic heterocycles. The number of thioether (sulfide) groups is 1. The molecule has 0 aliphatic rings. The fourth-order valence-corrected chi connectivity index (χ4v) is 1.99. The first kappa shape index (κ1) is 12.7. The monoisotopic (exact) mass is 260 g/mol. The molecule has 1 heterocycles. The Morgan fingerprint density at radius 1 is 1.06 bits per heavy atom. The maximum atomic E-state index is 4.35. The summed E-state index contributed by atoms with van der Waals surface area (Å²) in [5.41, 5.74) is 1.02. The minimum atomic E-state index is 0.741. The van der Waals surface area contributed by atoms with Gasteiger partial charge in [-0.3, -0.25) is 0 Å². The lowest BCUT2D eigenvalue weighted by atomic mass is 10.3. The molecule has 0 spiro atoms. The van der Waals surface area contributed by atoms with Crippen molar-refractivity contribution in [3.05, 3.63) is 36.2 Å². The molecule has 0 unspecified atom stereocenters. The van der Waals surface area contributed by atoms with Crippen molar-refractivity contribution >= 4 is 29.1 Å². The van der Waals surface area contributed by atoms with Crippen molar-refractivity contribution in [1.29, 1.82) is 0 Å². The van der Waals surface area contributed by atoms with E-state index in [4.69, 9.17) is 0 Å².